The predicted octanol–water partition coefficient (Wildman–Crippen LogP) is -2.22. The monoisotopic (exact) mass is 929 g/mol. The number of hydrogen-bond donors (Lipinski definition) is 13. The summed E-state index contributed by atoms with van der Waals surface area (Å²) in [6, 6.07) is 0.796. The molecule has 0 aliphatic heterocycles. The number of carbonyl (C=O) groups is 10. The highest BCUT2D eigenvalue weighted by Crippen LogP contribution is 2.15. The molecule has 0 spiro atoms. The molecule has 2 aromatic heterocycles. The lowest BCUT2D eigenvalue weighted by Crippen LogP contribution is -2.49. The van der Waals surface area contributed by atoms with E-state index in [1.54, 1.807) is 0 Å². The minimum Gasteiger partial charge on any atom is -0.481 e. The molecule has 5 amide bonds. The molecule has 0 aliphatic carbocycles. The number of amides is 5. The maximum Gasteiger partial charge on any atom is 0.327 e. The number of hydrogen-bond acceptors (Lipinski definition) is 17. The molecule has 0 saturated carbocycles. The first-order chi connectivity index (χ1) is 30.8. The number of nitrogen functional groups attached to an aromatic ring is 1. The van der Waals surface area contributed by atoms with Crippen LogP contribution < -0.4 is 43.2 Å². The van der Waals surface area contributed by atoms with Crippen LogP contribution in [-0.4, -0.2) is 137 Å². The van der Waals surface area contributed by atoms with Crippen molar-refractivity contribution in [2.75, 3.05) is 29.9 Å². The zero-order valence-corrected chi connectivity index (χ0v) is 35.2. The highest BCUT2D eigenvalue weighted by Gasteiger charge is 2.31. The minimum absolute atomic E-state index is 0.0138. The summed E-state index contributed by atoms with van der Waals surface area (Å²) in [5.41, 5.74) is 5.80. The first-order valence-electron chi connectivity index (χ1n) is 19.6. The highest BCUT2D eigenvalue weighted by atomic mass is 32.1. The van der Waals surface area contributed by atoms with E-state index in [2.05, 4.69) is 64.5 Å². The molecule has 0 fully saturated rings. The number of rotatable bonds is 28. The molecule has 0 aliphatic rings. The fraction of sp³-hybridized carbons (Fsp3) is 0.421. The van der Waals surface area contributed by atoms with E-state index in [0.717, 1.165) is 0 Å². The van der Waals surface area contributed by atoms with Crippen molar-refractivity contribution in [3.63, 3.8) is 0 Å². The third kappa shape index (κ3) is 17.9. The quantitative estimate of drug-likeness (QED) is 0.0343. The van der Waals surface area contributed by atoms with Crippen LogP contribution in [0.4, 0.5) is 11.6 Å². The van der Waals surface area contributed by atoms with Crippen molar-refractivity contribution in [1.29, 1.82) is 0 Å². The van der Waals surface area contributed by atoms with E-state index in [1.807, 2.05) is 0 Å². The Balaban J connectivity index is 1.72. The Bertz CT molecular complexity index is 2330. The highest BCUT2D eigenvalue weighted by molar-refractivity contribution is 7.80. The molecule has 0 radical (unpaired) electrons. The topological polar surface area (TPSA) is 421 Å². The molecule has 0 saturated heterocycles. The third-order valence-corrected chi connectivity index (χ3v) is 9.51. The normalized spacial score (nSPS) is 12.6. The van der Waals surface area contributed by atoms with Crippen molar-refractivity contribution in [1.82, 2.24) is 46.5 Å². The number of fused-ring (bicyclic) bond motifs is 1. The van der Waals surface area contributed by atoms with E-state index in [9.17, 15) is 63.0 Å². The number of ketones is 1. The fourth-order valence-electron chi connectivity index (χ4n) is 5.73. The molecular weight excluding hydrogens is 883 g/mol. The van der Waals surface area contributed by atoms with Gasteiger partial charge in [0.2, 0.25) is 29.6 Å². The number of aromatic amines is 1. The van der Waals surface area contributed by atoms with Gasteiger partial charge in [0.1, 0.15) is 12.1 Å². The number of carbonyl (C=O) groups excluding carboxylic acids is 6. The maximum absolute atomic E-state index is 13.8. The Morgan fingerprint density at radius 3 is 1.88 bits per heavy atom. The van der Waals surface area contributed by atoms with Crippen molar-refractivity contribution in [3.05, 3.63) is 52.1 Å². The van der Waals surface area contributed by atoms with Gasteiger partial charge in [0.05, 0.1) is 43.7 Å². The first-order valence-corrected chi connectivity index (χ1v) is 20.2. The Morgan fingerprint density at radius 2 is 1.31 bits per heavy atom. The number of nitrogens with zero attached hydrogens (tertiary/aromatic N) is 3. The van der Waals surface area contributed by atoms with Gasteiger partial charge in [-0.1, -0.05) is 0 Å². The number of anilines is 2. The van der Waals surface area contributed by atoms with E-state index >= 15 is 0 Å². The number of aliphatic carboxylic acids is 4. The van der Waals surface area contributed by atoms with Gasteiger partial charge in [-0.15, -0.1) is 0 Å². The standard InChI is InChI=1S/C38H47N11O15S/c39-38-48-32-31(35(60)49-38)44-21(16-43-32)15-42-20-3-1-18(2-4-20)33(58)46-23(36(61)62)14-28(53)45-22(10-12-41-27(52)6-8-30(56)57)25(50)13-19(34(59)47-24(17-65)37(63)64)9-11-40-26(51)5-7-29(54)55/h1-4,16,19,22-24,42,65H,5-15,17H2,(H,40,51)(H,41,52)(H,45,53)(H,46,58)(H,47,59)(H,54,55)(H,56,57)(H,61,62)(H,63,64)(H3,39,43,48,49,60)/t19-,22+,23+,24+/m0/s1. The lowest BCUT2D eigenvalue weighted by molar-refractivity contribution is -0.142. The SMILES string of the molecule is Nc1nc2ncc(CNc3ccc(C(=O)N[C@H](CC(=O)N[C@H](CCNC(=O)CCC(=O)O)C(=O)C[C@H](CCNC(=O)CCC(=O)O)C(=O)N[C@H](CS)C(=O)O)C(=O)O)cc3)nc2c(=O)[nH]1. The Labute approximate surface area is 372 Å². The summed E-state index contributed by atoms with van der Waals surface area (Å²) in [7, 11) is 0. The number of nitrogens with one attached hydrogen (secondary N) is 7. The van der Waals surface area contributed by atoms with Crippen LogP contribution in [0.5, 0.6) is 0 Å². The fourth-order valence-corrected chi connectivity index (χ4v) is 5.98. The zero-order valence-electron chi connectivity index (χ0n) is 34.3. The average molecular weight is 930 g/mol. The molecule has 3 aromatic rings. The van der Waals surface area contributed by atoms with E-state index in [0.29, 0.717) is 11.4 Å². The molecule has 350 valence electrons. The minimum atomic E-state index is -1.84. The second kappa shape index (κ2) is 25.4. The second-order valence-corrected chi connectivity index (χ2v) is 14.5. The average Bonchev–Trinajstić information content (AvgIpc) is 3.24. The van der Waals surface area contributed by atoms with Crippen molar-refractivity contribution in [2.24, 2.45) is 5.92 Å². The van der Waals surface area contributed by atoms with Crippen molar-refractivity contribution in [2.45, 2.75) is 76.0 Å². The van der Waals surface area contributed by atoms with Crippen molar-refractivity contribution < 1.29 is 68.4 Å². The number of nitrogens with two attached hydrogens (primary N) is 1. The van der Waals surface area contributed by atoms with Crippen LogP contribution in [-0.2, 0) is 49.7 Å². The molecule has 3 rings (SSSR count). The van der Waals surface area contributed by atoms with E-state index < -0.39 is 127 Å². The number of Topliss-reactive ketones (excluding diaryl/α,β-unsaturated/α-hetero) is 1. The molecule has 13 N–H and O–H groups in total. The summed E-state index contributed by atoms with van der Waals surface area (Å²) < 4.78 is 0. The summed E-state index contributed by atoms with van der Waals surface area (Å²) in [6.07, 6.45) is -2.69. The van der Waals surface area contributed by atoms with Crippen LogP contribution in [0.3, 0.4) is 0 Å². The van der Waals surface area contributed by atoms with Gasteiger partial charge in [0, 0.05) is 55.3 Å². The van der Waals surface area contributed by atoms with Gasteiger partial charge < -0.3 is 58.1 Å². The van der Waals surface area contributed by atoms with Crippen LogP contribution in [0.25, 0.3) is 11.2 Å². The number of carboxylic acid groups (broad SMARTS) is 4. The van der Waals surface area contributed by atoms with Crippen molar-refractivity contribution in [3.8, 4) is 0 Å². The van der Waals surface area contributed by atoms with Crippen LogP contribution in [0.2, 0.25) is 0 Å². The number of benzene rings is 1. The van der Waals surface area contributed by atoms with Crippen LogP contribution in [0, 0.1) is 5.92 Å². The summed E-state index contributed by atoms with van der Waals surface area (Å²) in [5.74, 6) is -12.6. The van der Waals surface area contributed by atoms with Gasteiger partial charge in [0.15, 0.2) is 16.9 Å². The number of carboxylic acids is 4. The third-order valence-electron chi connectivity index (χ3n) is 9.14. The van der Waals surface area contributed by atoms with Gasteiger partial charge in [-0.25, -0.2) is 19.6 Å². The summed E-state index contributed by atoms with van der Waals surface area (Å²) in [5, 5.41) is 51.7. The summed E-state index contributed by atoms with van der Waals surface area (Å²) >= 11 is 3.91. The zero-order chi connectivity index (χ0) is 48.2. The molecule has 0 bridgehead atoms. The largest absolute Gasteiger partial charge is 0.481 e. The molecule has 27 heteroatoms. The molecule has 0 unspecified atom stereocenters. The van der Waals surface area contributed by atoms with E-state index in [1.165, 1.54) is 30.5 Å². The number of H-pyrrole nitrogens is 1. The Hall–Kier alpha value is -7.71. The lowest BCUT2D eigenvalue weighted by atomic mass is 9.93. The molecule has 65 heavy (non-hydrogen) atoms. The van der Waals surface area contributed by atoms with E-state index in [4.69, 9.17) is 15.9 Å². The van der Waals surface area contributed by atoms with Crippen molar-refractivity contribution >= 4 is 94.6 Å². The van der Waals surface area contributed by atoms with Gasteiger partial charge in [-0.2, -0.15) is 17.6 Å². The maximum atomic E-state index is 13.8. The summed E-state index contributed by atoms with van der Waals surface area (Å²) in [4.78, 5) is 150. The Kier molecular flexibility index (Phi) is 20.2. The molecule has 4 atom stereocenters. The molecule has 2 heterocycles. The van der Waals surface area contributed by atoms with Crippen LogP contribution >= 0.6 is 12.6 Å². The number of thiol groups is 1. The van der Waals surface area contributed by atoms with Gasteiger partial charge in [0.25, 0.3) is 11.5 Å². The van der Waals surface area contributed by atoms with Crippen LogP contribution in [0.15, 0.2) is 35.3 Å². The van der Waals surface area contributed by atoms with Gasteiger partial charge >= 0.3 is 23.9 Å². The first kappa shape index (κ1) is 51.6. The molecular formula is C38H47N11O15S. The van der Waals surface area contributed by atoms with Gasteiger partial charge in [-0.05, 0) is 37.1 Å². The van der Waals surface area contributed by atoms with E-state index in [-0.39, 0.29) is 60.9 Å². The second-order valence-electron chi connectivity index (χ2n) is 14.1. The number of aromatic nitrogens is 4. The molecule has 1 aromatic carbocycles. The summed E-state index contributed by atoms with van der Waals surface area (Å²) in [6.45, 7) is -0.492. The van der Waals surface area contributed by atoms with Gasteiger partial charge in [-0.3, -0.25) is 48.1 Å². The lowest BCUT2D eigenvalue weighted by Gasteiger charge is -2.23. The van der Waals surface area contributed by atoms with Crippen LogP contribution in [0.1, 0.15) is 67.4 Å². The Morgan fingerprint density at radius 1 is 0.708 bits per heavy atom. The molecule has 26 nitrogen and oxygen atoms in total. The predicted molar refractivity (Wildman–Crippen MR) is 227 cm³/mol. The smallest absolute Gasteiger partial charge is 0.327 e.